The van der Waals surface area contributed by atoms with Gasteiger partial charge in [0.25, 0.3) is 17.7 Å². The Morgan fingerprint density at radius 2 is 1.27 bits per heavy atom. The van der Waals surface area contributed by atoms with Crippen molar-refractivity contribution in [3.05, 3.63) is 175 Å². The fraction of sp³-hybridized carbons (Fsp3) is 0.277. The van der Waals surface area contributed by atoms with Crippen LogP contribution in [0.4, 0.5) is 28.9 Å². The normalized spacial score (nSPS) is 14.2. The van der Waals surface area contributed by atoms with Gasteiger partial charge in [-0.1, -0.05) is 24.8 Å². The molecule has 3 amide bonds. The van der Waals surface area contributed by atoms with Gasteiger partial charge >= 0.3 is 13.2 Å². The van der Waals surface area contributed by atoms with E-state index in [9.17, 15) is 31.9 Å². The van der Waals surface area contributed by atoms with E-state index in [0.717, 1.165) is 62.5 Å². The Bertz CT molecular complexity index is 4330. The summed E-state index contributed by atoms with van der Waals surface area (Å²) in [5.74, 6) is 0.0230. The largest absolute Gasteiger partial charge is 0.457 e. The van der Waals surface area contributed by atoms with Gasteiger partial charge in [0, 0.05) is 121 Å². The molecular weight excluding hydrogens is 1210 g/mol. The average molecular weight is 1280 g/mol. The molecule has 0 saturated carbocycles. The average Bonchev–Trinajstić information content (AvgIpc) is 1.74. The number of halogens is 4. The highest BCUT2D eigenvalue weighted by molar-refractivity contribution is 6.10. The molecule has 24 nitrogen and oxygen atoms in total. The van der Waals surface area contributed by atoms with E-state index in [4.69, 9.17) is 28.8 Å². The van der Waals surface area contributed by atoms with Crippen molar-refractivity contribution in [2.45, 2.75) is 45.6 Å². The maximum atomic E-state index is 13.7. The maximum Gasteiger partial charge on any atom is 0.387 e. The molecule has 2 aliphatic rings. The standard InChI is InChI=1S/C34H36F2N8O5.C31H30F2N8O3/c1-21-7-8-23(16-25(21)33(46)42(2)3)48-24-9-10-29(49-34(35)36)26(17-24)30-28(19-43(41-30)14-12-37-22-6-4-15-47-20-22)40-32(45)27-18-39-44-13-5-11-38-31(27)44;1-20(40-14-12-38(2)13-15-40)21-6-4-7-22(16-21)43-23-8-9-27(44-31(32)33)24(17-23)28-26(19-39(3)37-28)36-30(42)25-18-35-41-11-5-10-34-29(25)41/h5,7-11,13,16-19,22,34,37H,4,6,12,14-15,20H2,1-3H3,(H,40,45);4-11,16-19,31H,1,12-15H2,2-3H3,(H,36,42)/t22-;/m0./s1. The first-order chi connectivity index (χ1) is 44.9. The minimum Gasteiger partial charge on any atom is -0.457 e. The minimum atomic E-state index is -3.13. The molecule has 482 valence electrons. The molecule has 0 unspecified atom stereocenters. The van der Waals surface area contributed by atoms with Gasteiger partial charge in [0.1, 0.15) is 57.0 Å². The number of fused-ring (bicyclic) bond motifs is 2. The van der Waals surface area contributed by atoms with Crippen molar-refractivity contribution < 1.29 is 55.6 Å². The summed E-state index contributed by atoms with van der Waals surface area (Å²) in [6.07, 6.45) is 14.4. The number of benzene rings is 4. The molecule has 93 heavy (non-hydrogen) atoms. The SMILES string of the molecule is C=C(c1cccc(Oc2ccc(OC(F)F)c(-c3nn(C)cc3NC(=O)c3cnn4cccnc34)c2)c1)N1CCN(C)CC1.Cc1ccc(Oc2ccc(OC(F)F)c(-c3nn(CCN[C@H]4CCCOC4)cc3NC(=O)c3cnn4cccnc34)c2)cc1C(=O)N(C)C. The Kier molecular flexibility index (Phi) is 19.7. The van der Waals surface area contributed by atoms with Gasteiger partial charge in [0.2, 0.25) is 0 Å². The number of carbonyl (C=O) groups is 3. The molecule has 0 radical (unpaired) electrons. The zero-order valence-corrected chi connectivity index (χ0v) is 51.4. The number of alkyl halides is 4. The van der Waals surface area contributed by atoms with Crippen LogP contribution in [0.2, 0.25) is 0 Å². The Labute approximate surface area is 530 Å². The summed E-state index contributed by atoms with van der Waals surface area (Å²) >= 11 is 0. The monoisotopic (exact) mass is 1270 g/mol. The van der Waals surface area contributed by atoms with Gasteiger partial charge in [-0.05, 0) is 105 Å². The molecule has 0 bridgehead atoms. The highest BCUT2D eigenvalue weighted by atomic mass is 19.3. The second-order valence-electron chi connectivity index (χ2n) is 22.1. The van der Waals surface area contributed by atoms with E-state index in [1.807, 2.05) is 25.1 Å². The Morgan fingerprint density at radius 1 is 0.699 bits per heavy atom. The highest BCUT2D eigenvalue weighted by Crippen LogP contribution is 2.41. The van der Waals surface area contributed by atoms with Crippen LogP contribution in [-0.4, -0.2) is 168 Å². The lowest BCUT2D eigenvalue weighted by Gasteiger charge is -2.35. The van der Waals surface area contributed by atoms with E-state index < -0.39 is 25.0 Å². The number of nitrogens with zero attached hydrogens (tertiary/aromatic N) is 13. The predicted molar refractivity (Wildman–Crippen MR) is 337 cm³/mol. The third kappa shape index (κ3) is 15.4. The zero-order valence-electron chi connectivity index (χ0n) is 51.4. The molecule has 6 aromatic heterocycles. The van der Waals surface area contributed by atoms with E-state index in [-0.39, 0.29) is 74.2 Å². The number of hydrogen-bond donors (Lipinski definition) is 3. The van der Waals surface area contributed by atoms with E-state index in [1.54, 1.807) is 105 Å². The number of hydrogen-bond acceptors (Lipinski definition) is 17. The van der Waals surface area contributed by atoms with Crippen molar-refractivity contribution in [3.63, 3.8) is 0 Å². The van der Waals surface area contributed by atoms with Gasteiger partial charge in [-0.2, -0.15) is 38.0 Å². The fourth-order valence-electron chi connectivity index (χ4n) is 10.6. The van der Waals surface area contributed by atoms with Crippen LogP contribution in [-0.2, 0) is 18.3 Å². The number of piperazine rings is 1. The summed E-state index contributed by atoms with van der Waals surface area (Å²) < 4.78 is 87.8. The molecule has 10 aromatic rings. The van der Waals surface area contributed by atoms with Gasteiger partial charge in [-0.3, -0.25) is 23.7 Å². The Hall–Kier alpha value is -10.7. The van der Waals surface area contributed by atoms with Gasteiger partial charge in [0.15, 0.2) is 11.3 Å². The third-order valence-corrected chi connectivity index (χ3v) is 15.3. The van der Waals surface area contributed by atoms with E-state index >= 15 is 0 Å². The maximum absolute atomic E-state index is 13.7. The van der Waals surface area contributed by atoms with Crippen molar-refractivity contribution in [3.8, 4) is 57.0 Å². The molecule has 0 aliphatic carbocycles. The molecule has 4 aromatic carbocycles. The lowest BCUT2D eigenvalue weighted by atomic mass is 10.1. The van der Waals surface area contributed by atoms with Gasteiger partial charge in [0.05, 0.1) is 48.0 Å². The second kappa shape index (κ2) is 28.6. The van der Waals surface area contributed by atoms with Crippen LogP contribution in [0, 0.1) is 6.92 Å². The summed E-state index contributed by atoms with van der Waals surface area (Å²) in [6, 6.07) is 25.0. The number of carbonyl (C=O) groups excluding carboxylic acids is 3. The quantitative estimate of drug-likeness (QED) is 0.0567. The Morgan fingerprint density at radius 3 is 1.85 bits per heavy atom. The molecule has 3 N–H and O–H groups in total. The first kappa shape index (κ1) is 63.8. The molecule has 1 atom stereocenters. The third-order valence-electron chi connectivity index (χ3n) is 15.3. The van der Waals surface area contributed by atoms with Crippen molar-refractivity contribution in [2.75, 3.05) is 77.7 Å². The fourth-order valence-corrected chi connectivity index (χ4v) is 10.6. The number of anilines is 2. The van der Waals surface area contributed by atoms with Gasteiger partial charge < -0.3 is 54.3 Å². The van der Waals surface area contributed by atoms with Crippen molar-refractivity contribution in [1.82, 2.24) is 68.8 Å². The predicted octanol–water partition coefficient (Wildman–Crippen LogP) is 10.0. The van der Waals surface area contributed by atoms with Crippen LogP contribution in [0.3, 0.4) is 0 Å². The zero-order chi connectivity index (χ0) is 65.3. The summed E-state index contributed by atoms with van der Waals surface area (Å²) in [5.41, 5.74) is 5.45. The van der Waals surface area contributed by atoms with Crippen LogP contribution in [0.25, 0.3) is 39.5 Å². The van der Waals surface area contributed by atoms with Gasteiger partial charge in [-0.15, -0.1) is 0 Å². The van der Waals surface area contributed by atoms with Crippen LogP contribution < -0.4 is 34.9 Å². The second-order valence-corrected chi connectivity index (χ2v) is 22.1. The number of ether oxygens (including phenoxy) is 5. The molecule has 2 fully saturated rings. The van der Waals surface area contributed by atoms with Crippen LogP contribution >= 0.6 is 0 Å². The molecule has 2 aliphatic heterocycles. The van der Waals surface area contributed by atoms with Crippen LogP contribution in [0.15, 0.2) is 147 Å². The number of amides is 3. The number of nitrogens with one attached hydrogen (secondary N) is 3. The first-order valence-corrected chi connectivity index (χ1v) is 29.6. The summed E-state index contributed by atoms with van der Waals surface area (Å²) in [7, 11) is 7.07. The molecule has 28 heteroatoms. The Balaban J connectivity index is 0.000000191. The van der Waals surface area contributed by atoms with E-state index in [2.05, 4.69) is 64.6 Å². The van der Waals surface area contributed by atoms with Crippen molar-refractivity contribution in [1.29, 1.82) is 0 Å². The minimum absolute atomic E-state index is 0.128. The summed E-state index contributed by atoms with van der Waals surface area (Å²) in [6.45, 7) is 5.90. The highest BCUT2D eigenvalue weighted by Gasteiger charge is 2.26. The first-order valence-electron chi connectivity index (χ1n) is 29.6. The molecular formula is C65H66F4N16O8. The van der Waals surface area contributed by atoms with Gasteiger partial charge in [-0.25, -0.2) is 19.0 Å². The van der Waals surface area contributed by atoms with Crippen LogP contribution in [0.1, 0.15) is 55.0 Å². The number of rotatable bonds is 21. The number of aromatic nitrogens is 10. The lowest BCUT2D eigenvalue weighted by Crippen LogP contribution is -2.43. The number of aryl methyl sites for hydroxylation is 2. The molecule has 12 rings (SSSR count). The van der Waals surface area contributed by atoms with Crippen LogP contribution in [0.5, 0.6) is 34.5 Å². The number of likely N-dealkylation sites (N-methyl/N-ethyl adjacent to an activating group) is 1. The lowest BCUT2D eigenvalue weighted by molar-refractivity contribution is -0.0501. The van der Waals surface area contributed by atoms with E-state index in [1.165, 1.54) is 61.3 Å². The molecule has 2 saturated heterocycles. The topological polar surface area (TPSA) is 239 Å². The van der Waals surface area contributed by atoms with E-state index in [0.29, 0.717) is 53.8 Å². The van der Waals surface area contributed by atoms with Crippen molar-refractivity contribution >= 4 is 46.1 Å². The van der Waals surface area contributed by atoms with Crippen molar-refractivity contribution in [2.24, 2.45) is 7.05 Å². The summed E-state index contributed by atoms with van der Waals surface area (Å²) in [5, 5.41) is 26.6. The molecule has 8 heterocycles. The summed E-state index contributed by atoms with van der Waals surface area (Å²) in [4.78, 5) is 54.0. The smallest absolute Gasteiger partial charge is 0.387 e. The molecule has 0 spiro atoms.